The van der Waals surface area contributed by atoms with Crippen LogP contribution >= 0.6 is 0 Å². The van der Waals surface area contributed by atoms with Crippen molar-refractivity contribution in [2.24, 2.45) is 0 Å². The lowest BCUT2D eigenvalue weighted by atomic mass is 10.0. The molecule has 0 fully saturated rings. The van der Waals surface area contributed by atoms with E-state index < -0.39 is 6.10 Å². The van der Waals surface area contributed by atoms with E-state index in [0.29, 0.717) is 6.54 Å². The Morgan fingerprint density at radius 3 is 2.72 bits per heavy atom. The summed E-state index contributed by atoms with van der Waals surface area (Å²) in [6, 6.07) is 14.3. The van der Waals surface area contributed by atoms with Crippen molar-refractivity contribution < 1.29 is 5.11 Å². The zero-order valence-corrected chi connectivity index (χ0v) is 10.6. The topological polar surface area (TPSA) is 32.3 Å². The highest BCUT2D eigenvalue weighted by Crippen LogP contribution is 2.19. The number of aliphatic hydroxyl groups excluding tert-OH is 1. The van der Waals surface area contributed by atoms with Crippen molar-refractivity contribution >= 4 is 10.8 Å². The first-order chi connectivity index (χ1) is 8.81. The van der Waals surface area contributed by atoms with Crippen molar-refractivity contribution in [3.8, 4) is 0 Å². The van der Waals surface area contributed by atoms with Crippen molar-refractivity contribution in [1.82, 2.24) is 5.32 Å². The fourth-order valence-electron chi connectivity index (χ4n) is 1.95. The van der Waals surface area contributed by atoms with E-state index in [1.165, 1.54) is 10.8 Å². The Bertz CT molecular complexity index is 533. The summed E-state index contributed by atoms with van der Waals surface area (Å²) < 4.78 is 0. The third-order valence-corrected chi connectivity index (χ3v) is 2.99. The van der Waals surface area contributed by atoms with Gasteiger partial charge in [0.15, 0.2) is 0 Å². The number of hydrogen-bond donors (Lipinski definition) is 2. The van der Waals surface area contributed by atoms with Gasteiger partial charge in [-0.1, -0.05) is 48.6 Å². The van der Waals surface area contributed by atoms with Gasteiger partial charge in [0.2, 0.25) is 0 Å². The average Bonchev–Trinajstić information content (AvgIpc) is 2.43. The predicted molar refractivity (Wildman–Crippen MR) is 76.6 cm³/mol. The Hall–Kier alpha value is -1.64. The SMILES string of the molecule is C/C=C/CNC[C@H](O)c1ccc2ccccc2c1. The number of rotatable bonds is 5. The molecule has 0 bridgehead atoms. The fourth-order valence-corrected chi connectivity index (χ4v) is 1.95. The molecule has 1 atom stereocenters. The van der Waals surface area contributed by atoms with Gasteiger partial charge in [-0.2, -0.15) is 0 Å². The molecule has 2 aromatic rings. The highest BCUT2D eigenvalue weighted by molar-refractivity contribution is 5.83. The molecular weight excluding hydrogens is 222 g/mol. The van der Waals surface area contributed by atoms with Crippen molar-refractivity contribution in [3.63, 3.8) is 0 Å². The van der Waals surface area contributed by atoms with Crippen LogP contribution in [0, 0.1) is 0 Å². The maximum Gasteiger partial charge on any atom is 0.0914 e. The van der Waals surface area contributed by atoms with Crippen molar-refractivity contribution in [2.75, 3.05) is 13.1 Å². The number of hydrogen-bond acceptors (Lipinski definition) is 2. The third-order valence-electron chi connectivity index (χ3n) is 2.99. The summed E-state index contributed by atoms with van der Waals surface area (Å²) in [5, 5.41) is 15.7. The minimum atomic E-state index is -0.458. The second kappa shape index (κ2) is 6.34. The predicted octanol–water partition coefficient (Wildman–Crippen LogP) is 3.04. The van der Waals surface area contributed by atoms with Gasteiger partial charge in [0.05, 0.1) is 6.10 Å². The molecule has 2 N–H and O–H groups in total. The molecule has 0 aliphatic rings. The summed E-state index contributed by atoms with van der Waals surface area (Å²) in [5.74, 6) is 0. The summed E-state index contributed by atoms with van der Waals surface area (Å²) in [4.78, 5) is 0. The molecule has 2 heteroatoms. The third kappa shape index (κ3) is 3.19. The van der Waals surface area contributed by atoms with Crippen LogP contribution < -0.4 is 5.32 Å². The zero-order valence-electron chi connectivity index (χ0n) is 10.6. The Balaban J connectivity index is 2.05. The second-order valence-electron chi connectivity index (χ2n) is 4.35. The summed E-state index contributed by atoms with van der Waals surface area (Å²) in [6.45, 7) is 3.35. The number of benzene rings is 2. The molecule has 0 heterocycles. The molecular formula is C16H19NO. The van der Waals surface area contributed by atoms with E-state index >= 15 is 0 Å². The standard InChI is InChI=1S/C16H19NO/c1-2-3-10-17-12-16(18)15-9-8-13-6-4-5-7-14(13)11-15/h2-9,11,16-18H,10,12H2,1H3/b3-2+/t16-/m0/s1. The van der Waals surface area contributed by atoms with Gasteiger partial charge in [-0.3, -0.25) is 0 Å². The molecule has 94 valence electrons. The van der Waals surface area contributed by atoms with E-state index in [4.69, 9.17) is 0 Å². The van der Waals surface area contributed by atoms with E-state index in [1.807, 2.05) is 37.3 Å². The van der Waals surface area contributed by atoms with E-state index in [9.17, 15) is 5.11 Å². The molecule has 0 saturated heterocycles. The molecule has 18 heavy (non-hydrogen) atoms. The van der Waals surface area contributed by atoms with E-state index in [-0.39, 0.29) is 0 Å². The lowest BCUT2D eigenvalue weighted by molar-refractivity contribution is 0.176. The van der Waals surface area contributed by atoms with Crippen molar-refractivity contribution in [3.05, 3.63) is 60.2 Å². The molecule has 0 aliphatic heterocycles. The number of aliphatic hydroxyl groups is 1. The first-order valence-corrected chi connectivity index (χ1v) is 6.30. The normalized spacial score (nSPS) is 13.2. The fraction of sp³-hybridized carbons (Fsp3) is 0.250. The molecule has 0 aliphatic carbocycles. The molecule has 0 spiro atoms. The average molecular weight is 241 g/mol. The molecule has 2 nitrogen and oxygen atoms in total. The second-order valence-corrected chi connectivity index (χ2v) is 4.35. The Labute approximate surface area is 108 Å². The molecule has 2 rings (SSSR count). The molecule has 0 amide bonds. The van der Waals surface area contributed by atoms with Gasteiger partial charge in [-0.15, -0.1) is 0 Å². The number of fused-ring (bicyclic) bond motifs is 1. The van der Waals surface area contributed by atoms with E-state index in [1.54, 1.807) is 0 Å². The van der Waals surface area contributed by atoms with Gasteiger partial charge in [0.1, 0.15) is 0 Å². The van der Waals surface area contributed by atoms with Crippen LogP contribution in [0.2, 0.25) is 0 Å². The van der Waals surface area contributed by atoms with Crippen molar-refractivity contribution in [1.29, 1.82) is 0 Å². The lowest BCUT2D eigenvalue weighted by Crippen LogP contribution is -2.21. The lowest BCUT2D eigenvalue weighted by Gasteiger charge is -2.12. The summed E-state index contributed by atoms with van der Waals surface area (Å²) >= 11 is 0. The first-order valence-electron chi connectivity index (χ1n) is 6.30. The van der Waals surface area contributed by atoms with Crippen LogP contribution in [-0.4, -0.2) is 18.2 Å². The molecule has 0 unspecified atom stereocenters. The van der Waals surface area contributed by atoms with Crippen LogP contribution in [0.25, 0.3) is 10.8 Å². The van der Waals surface area contributed by atoms with Crippen LogP contribution in [0.1, 0.15) is 18.6 Å². The molecule has 0 aromatic heterocycles. The van der Waals surface area contributed by atoms with Crippen LogP contribution in [0.5, 0.6) is 0 Å². The summed E-state index contributed by atoms with van der Waals surface area (Å²) in [6.07, 6.45) is 3.57. The highest BCUT2D eigenvalue weighted by atomic mass is 16.3. The summed E-state index contributed by atoms with van der Waals surface area (Å²) in [5.41, 5.74) is 0.960. The van der Waals surface area contributed by atoms with Gasteiger partial charge in [0, 0.05) is 13.1 Å². The van der Waals surface area contributed by atoms with Gasteiger partial charge < -0.3 is 10.4 Å². The monoisotopic (exact) mass is 241 g/mol. The largest absolute Gasteiger partial charge is 0.387 e. The van der Waals surface area contributed by atoms with E-state index in [0.717, 1.165) is 12.1 Å². The van der Waals surface area contributed by atoms with Gasteiger partial charge in [-0.05, 0) is 29.3 Å². The first kappa shape index (κ1) is 12.8. The maximum absolute atomic E-state index is 10.1. The van der Waals surface area contributed by atoms with E-state index in [2.05, 4.69) is 29.6 Å². The van der Waals surface area contributed by atoms with Gasteiger partial charge in [0.25, 0.3) is 0 Å². The Morgan fingerprint density at radius 1 is 1.17 bits per heavy atom. The number of allylic oxidation sites excluding steroid dienone is 1. The molecule has 0 saturated carbocycles. The maximum atomic E-state index is 10.1. The highest BCUT2D eigenvalue weighted by Gasteiger charge is 2.06. The Kier molecular flexibility index (Phi) is 4.51. The zero-order chi connectivity index (χ0) is 12.8. The minimum Gasteiger partial charge on any atom is -0.387 e. The van der Waals surface area contributed by atoms with Crippen LogP contribution in [0.4, 0.5) is 0 Å². The van der Waals surface area contributed by atoms with Crippen LogP contribution in [0.3, 0.4) is 0 Å². The molecule has 0 radical (unpaired) electrons. The van der Waals surface area contributed by atoms with Crippen molar-refractivity contribution in [2.45, 2.75) is 13.0 Å². The molecule has 2 aromatic carbocycles. The van der Waals surface area contributed by atoms with Gasteiger partial charge >= 0.3 is 0 Å². The quantitative estimate of drug-likeness (QED) is 0.623. The minimum absolute atomic E-state index is 0.458. The van der Waals surface area contributed by atoms with Crippen LogP contribution in [0.15, 0.2) is 54.6 Å². The van der Waals surface area contributed by atoms with Crippen LogP contribution in [-0.2, 0) is 0 Å². The Morgan fingerprint density at radius 2 is 1.94 bits per heavy atom. The summed E-state index contributed by atoms with van der Waals surface area (Å²) in [7, 11) is 0. The number of nitrogens with one attached hydrogen (secondary N) is 1. The smallest absolute Gasteiger partial charge is 0.0914 e. The van der Waals surface area contributed by atoms with Gasteiger partial charge in [-0.25, -0.2) is 0 Å².